The smallest absolute Gasteiger partial charge is 0.123 e. The first-order valence-electron chi connectivity index (χ1n) is 7.33. The van der Waals surface area contributed by atoms with Gasteiger partial charge in [-0.05, 0) is 19.4 Å². The average molecular weight is 265 g/mol. The largest absolute Gasteiger partial charge is 0.493 e. The van der Waals surface area contributed by atoms with Crippen molar-refractivity contribution in [1.29, 1.82) is 0 Å². The van der Waals surface area contributed by atoms with Gasteiger partial charge in [-0.3, -0.25) is 0 Å². The summed E-state index contributed by atoms with van der Waals surface area (Å²) in [5.41, 5.74) is 1.15. The molecule has 0 aliphatic carbocycles. The van der Waals surface area contributed by atoms with E-state index in [0.717, 1.165) is 30.9 Å². The summed E-state index contributed by atoms with van der Waals surface area (Å²) in [6, 6.07) is 8.10. The summed E-state index contributed by atoms with van der Waals surface area (Å²) < 4.78 is 5.84. The molecule has 0 saturated carbocycles. The van der Waals surface area contributed by atoms with Crippen molar-refractivity contribution in [3.8, 4) is 5.75 Å². The van der Waals surface area contributed by atoms with Crippen LogP contribution in [-0.2, 0) is 6.54 Å². The van der Waals surface area contributed by atoms with Crippen molar-refractivity contribution in [2.24, 2.45) is 0 Å². The normalized spacial score (nSPS) is 12.4. The van der Waals surface area contributed by atoms with Crippen molar-refractivity contribution in [3.63, 3.8) is 0 Å². The van der Waals surface area contributed by atoms with Gasteiger partial charge in [0.1, 0.15) is 5.75 Å². The van der Waals surface area contributed by atoms with Crippen molar-refractivity contribution in [2.75, 3.05) is 13.2 Å². The highest BCUT2D eigenvalue weighted by molar-refractivity contribution is 5.33. The predicted molar refractivity (Wildman–Crippen MR) is 79.5 cm³/mol. The fourth-order valence-electron chi connectivity index (χ4n) is 1.92. The molecule has 0 aliphatic rings. The summed E-state index contributed by atoms with van der Waals surface area (Å²) in [5, 5.41) is 12.5. The molecule has 0 spiro atoms. The number of ether oxygens (including phenoxy) is 1. The van der Waals surface area contributed by atoms with Gasteiger partial charge < -0.3 is 15.2 Å². The zero-order valence-corrected chi connectivity index (χ0v) is 12.2. The van der Waals surface area contributed by atoms with Crippen LogP contribution in [0.1, 0.15) is 45.1 Å². The summed E-state index contributed by atoms with van der Waals surface area (Å²) in [4.78, 5) is 0. The van der Waals surface area contributed by atoms with Crippen molar-refractivity contribution in [1.82, 2.24) is 5.32 Å². The third kappa shape index (κ3) is 7.19. The molecule has 19 heavy (non-hydrogen) atoms. The minimum absolute atomic E-state index is 0.317. The quantitative estimate of drug-likeness (QED) is 0.639. The van der Waals surface area contributed by atoms with Gasteiger partial charge in [-0.1, -0.05) is 44.4 Å². The lowest BCUT2D eigenvalue weighted by Gasteiger charge is -2.12. The molecule has 1 rings (SSSR count). The number of nitrogens with one attached hydrogen (secondary N) is 1. The van der Waals surface area contributed by atoms with E-state index in [9.17, 15) is 5.11 Å². The Bertz CT molecular complexity index is 339. The standard InChI is InChI=1S/C16H27NO2/c1-3-4-5-8-11-19-16-10-7-6-9-15(16)13-17-12-14(2)18/h6-7,9-10,14,17-18H,3-5,8,11-13H2,1-2H3. The highest BCUT2D eigenvalue weighted by atomic mass is 16.5. The number of hydrogen-bond acceptors (Lipinski definition) is 3. The monoisotopic (exact) mass is 265 g/mol. The number of benzene rings is 1. The number of para-hydroxylation sites is 1. The molecule has 0 aliphatic heterocycles. The minimum Gasteiger partial charge on any atom is -0.493 e. The van der Waals surface area contributed by atoms with Gasteiger partial charge in [-0.25, -0.2) is 0 Å². The molecular formula is C16H27NO2. The van der Waals surface area contributed by atoms with Gasteiger partial charge in [0.05, 0.1) is 12.7 Å². The summed E-state index contributed by atoms with van der Waals surface area (Å²) in [6.07, 6.45) is 4.56. The van der Waals surface area contributed by atoms with Crippen LogP contribution in [0.5, 0.6) is 5.75 Å². The van der Waals surface area contributed by atoms with Gasteiger partial charge in [0.15, 0.2) is 0 Å². The predicted octanol–water partition coefficient (Wildman–Crippen LogP) is 3.12. The molecule has 3 nitrogen and oxygen atoms in total. The summed E-state index contributed by atoms with van der Waals surface area (Å²) in [6.45, 7) is 6.11. The number of rotatable bonds is 10. The van der Waals surface area contributed by atoms with Gasteiger partial charge in [-0.2, -0.15) is 0 Å². The first kappa shape index (κ1) is 16.0. The Morgan fingerprint density at radius 2 is 2.00 bits per heavy atom. The van der Waals surface area contributed by atoms with E-state index in [1.165, 1.54) is 19.3 Å². The van der Waals surface area contributed by atoms with Crippen molar-refractivity contribution in [2.45, 2.75) is 52.2 Å². The number of unbranched alkanes of at least 4 members (excludes halogenated alkanes) is 3. The van der Waals surface area contributed by atoms with Crippen LogP contribution in [-0.4, -0.2) is 24.4 Å². The van der Waals surface area contributed by atoms with Crippen LogP contribution in [0.3, 0.4) is 0 Å². The second-order valence-electron chi connectivity index (χ2n) is 5.00. The lowest BCUT2D eigenvalue weighted by atomic mass is 10.2. The fraction of sp³-hybridized carbons (Fsp3) is 0.625. The Hall–Kier alpha value is -1.06. The number of aliphatic hydroxyl groups is 1. The Balaban J connectivity index is 2.35. The van der Waals surface area contributed by atoms with Gasteiger partial charge in [0.25, 0.3) is 0 Å². The zero-order chi connectivity index (χ0) is 13.9. The maximum absolute atomic E-state index is 9.23. The van der Waals surface area contributed by atoms with Crippen molar-refractivity contribution >= 4 is 0 Å². The average Bonchev–Trinajstić information content (AvgIpc) is 2.40. The zero-order valence-electron chi connectivity index (χ0n) is 12.2. The molecular weight excluding hydrogens is 238 g/mol. The molecule has 0 radical (unpaired) electrons. The van der Waals surface area contributed by atoms with Gasteiger partial charge in [0, 0.05) is 18.7 Å². The fourth-order valence-corrected chi connectivity index (χ4v) is 1.92. The lowest BCUT2D eigenvalue weighted by molar-refractivity contribution is 0.190. The van der Waals surface area contributed by atoms with E-state index in [2.05, 4.69) is 18.3 Å². The van der Waals surface area contributed by atoms with Gasteiger partial charge in [0.2, 0.25) is 0 Å². The summed E-state index contributed by atoms with van der Waals surface area (Å²) in [7, 11) is 0. The Morgan fingerprint density at radius 1 is 1.21 bits per heavy atom. The molecule has 0 fully saturated rings. The molecule has 1 unspecified atom stereocenters. The Kier molecular flexibility index (Phi) is 8.26. The molecule has 1 aromatic rings. The topological polar surface area (TPSA) is 41.5 Å². The van der Waals surface area contributed by atoms with E-state index in [1.54, 1.807) is 6.92 Å². The van der Waals surface area contributed by atoms with E-state index in [-0.39, 0.29) is 6.10 Å². The van der Waals surface area contributed by atoms with Crippen LogP contribution >= 0.6 is 0 Å². The molecule has 1 atom stereocenters. The second kappa shape index (κ2) is 9.82. The van der Waals surface area contributed by atoms with E-state index in [1.807, 2.05) is 18.2 Å². The number of aliphatic hydroxyl groups excluding tert-OH is 1. The van der Waals surface area contributed by atoms with Crippen LogP contribution in [0.4, 0.5) is 0 Å². The first-order chi connectivity index (χ1) is 9.24. The molecule has 3 heteroatoms. The van der Waals surface area contributed by atoms with Crippen LogP contribution in [0, 0.1) is 0 Å². The molecule has 0 heterocycles. The summed E-state index contributed by atoms with van der Waals surface area (Å²) >= 11 is 0. The van der Waals surface area contributed by atoms with Crippen LogP contribution in [0.15, 0.2) is 24.3 Å². The molecule has 1 aromatic carbocycles. The van der Waals surface area contributed by atoms with Crippen LogP contribution < -0.4 is 10.1 Å². The first-order valence-corrected chi connectivity index (χ1v) is 7.33. The minimum atomic E-state index is -0.317. The third-order valence-corrected chi connectivity index (χ3v) is 2.98. The van der Waals surface area contributed by atoms with Crippen molar-refractivity contribution in [3.05, 3.63) is 29.8 Å². The van der Waals surface area contributed by atoms with E-state index in [4.69, 9.17) is 4.74 Å². The maximum Gasteiger partial charge on any atom is 0.123 e. The van der Waals surface area contributed by atoms with Crippen molar-refractivity contribution < 1.29 is 9.84 Å². The maximum atomic E-state index is 9.23. The van der Waals surface area contributed by atoms with Crippen LogP contribution in [0.25, 0.3) is 0 Å². The van der Waals surface area contributed by atoms with Gasteiger partial charge >= 0.3 is 0 Å². The lowest BCUT2D eigenvalue weighted by Crippen LogP contribution is -2.24. The third-order valence-electron chi connectivity index (χ3n) is 2.98. The molecule has 108 valence electrons. The highest BCUT2D eigenvalue weighted by Gasteiger charge is 2.03. The summed E-state index contributed by atoms with van der Waals surface area (Å²) in [5.74, 6) is 0.956. The van der Waals surface area contributed by atoms with Gasteiger partial charge in [-0.15, -0.1) is 0 Å². The Labute approximate surface area is 117 Å². The van der Waals surface area contributed by atoms with E-state index < -0.39 is 0 Å². The molecule has 0 amide bonds. The van der Waals surface area contributed by atoms with Crippen LogP contribution in [0.2, 0.25) is 0 Å². The van der Waals surface area contributed by atoms with E-state index >= 15 is 0 Å². The molecule has 0 aromatic heterocycles. The Morgan fingerprint density at radius 3 is 2.74 bits per heavy atom. The molecule has 0 bridgehead atoms. The SMILES string of the molecule is CCCCCCOc1ccccc1CNCC(C)O. The van der Waals surface area contributed by atoms with E-state index in [0.29, 0.717) is 6.54 Å². The number of hydrogen-bond donors (Lipinski definition) is 2. The molecule has 2 N–H and O–H groups in total. The second-order valence-corrected chi connectivity index (χ2v) is 5.00. The molecule has 0 saturated heterocycles. The highest BCUT2D eigenvalue weighted by Crippen LogP contribution is 2.18.